The van der Waals surface area contributed by atoms with Gasteiger partial charge in [-0.15, -0.1) is 0 Å². The first-order chi connectivity index (χ1) is 17.2. The SMILES string of the molecule is Cc1cc(C[C@@H]2COC[C@H]2NCc2ccc(C(F)(F)F)cc2)on1.O=C(O)CC(O)(CC(=O)O)C(=O)O. The van der Waals surface area contributed by atoms with Gasteiger partial charge in [-0.05, 0) is 24.6 Å². The van der Waals surface area contributed by atoms with E-state index in [1.165, 1.54) is 12.1 Å². The molecule has 1 fully saturated rings. The highest BCUT2D eigenvalue weighted by atomic mass is 19.4. The van der Waals surface area contributed by atoms with Crippen LogP contribution in [0.25, 0.3) is 0 Å². The Bertz CT molecular complexity index is 1050. The maximum Gasteiger partial charge on any atom is 0.416 e. The van der Waals surface area contributed by atoms with E-state index >= 15 is 0 Å². The van der Waals surface area contributed by atoms with Crippen molar-refractivity contribution >= 4 is 17.9 Å². The van der Waals surface area contributed by atoms with Crippen molar-refractivity contribution in [1.82, 2.24) is 10.5 Å². The standard InChI is InChI=1S/C17H19F3N2O2.C6H8O7/c1-11-6-15(24-22-11)7-13-9-23-10-16(13)21-8-12-2-4-14(5-3-12)17(18,19)20;7-3(8)1-6(13,5(11)12)2-4(9)10/h2-6,13,16,21H,7-10H2,1H3;13H,1-2H2,(H,7,8)(H,9,10)(H,11,12)/t13-,16-;/m1./s1. The van der Waals surface area contributed by atoms with Crippen molar-refractivity contribution in [2.75, 3.05) is 13.2 Å². The molecule has 1 aliphatic rings. The third-order valence-electron chi connectivity index (χ3n) is 5.47. The number of aromatic nitrogens is 1. The van der Waals surface area contributed by atoms with Crippen molar-refractivity contribution < 1.29 is 57.2 Å². The van der Waals surface area contributed by atoms with E-state index in [-0.39, 0.29) is 12.0 Å². The normalized spacial score (nSPS) is 17.6. The van der Waals surface area contributed by atoms with Gasteiger partial charge >= 0.3 is 24.1 Å². The molecule has 2 atom stereocenters. The second-order valence-corrected chi connectivity index (χ2v) is 8.60. The number of aryl methyl sites for hydroxylation is 1. The molecule has 5 N–H and O–H groups in total. The molecule has 204 valence electrons. The summed E-state index contributed by atoms with van der Waals surface area (Å²) in [4.78, 5) is 30.5. The Morgan fingerprint density at radius 3 is 2.11 bits per heavy atom. The molecule has 14 heteroatoms. The molecule has 37 heavy (non-hydrogen) atoms. The number of carbonyl (C=O) groups is 3. The van der Waals surface area contributed by atoms with Gasteiger partial charge in [0.1, 0.15) is 5.76 Å². The lowest BCUT2D eigenvalue weighted by Gasteiger charge is -2.18. The number of aliphatic hydroxyl groups is 1. The fourth-order valence-electron chi connectivity index (χ4n) is 3.57. The van der Waals surface area contributed by atoms with Crippen LogP contribution in [0.1, 0.15) is 35.4 Å². The lowest BCUT2D eigenvalue weighted by molar-refractivity contribution is -0.170. The van der Waals surface area contributed by atoms with Gasteiger partial charge in [0.25, 0.3) is 0 Å². The highest BCUT2D eigenvalue weighted by Crippen LogP contribution is 2.29. The van der Waals surface area contributed by atoms with Gasteiger partial charge in [0.2, 0.25) is 0 Å². The predicted octanol–water partition coefficient (Wildman–Crippen LogP) is 2.10. The van der Waals surface area contributed by atoms with Crippen LogP contribution in [0.5, 0.6) is 0 Å². The van der Waals surface area contributed by atoms with E-state index in [0.29, 0.717) is 19.8 Å². The topological polar surface area (TPSA) is 179 Å². The summed E-state index contributed by atoms with van der Waals surface area (Å²) in [5.41, 5.74) is -1.71. The van der Waals surface area contributed by atoms with Crippen molar-refractivity contribution in [3.05, 3.63) is 52.9 Å². The molecule has 3 rings (SSSR count). The Morgan fingerprint density at radius 1 is 1.05 bits per heavy atom. The third kappa shape index (κ3) is 9.48. The number of carboxylic acid groups (broad SMARTS) is 3. The highest BCUT2D eigenvalue weighted by Gasteiger charge is 2.40. The summed E-state index contributed by atoms with van der Waals surface area (Å²) in [7, 11) is 0. The van der Waals surface area contributed by atoms with E-state index in [9.17, 15) is 27.6 Å². The lowest BCUT2D eigenvalue weighted by Crippen LogP contribution is -2.42. The summed E-state index contributed by atoms with van der Waals surface area (Å²) >= 11 is 0. The van der Waals surface area contributed by atoms with Crippen LogP contribution in [0.2, 0.25) is 0 Å². The Hall–Kier alpha value is -3.49. The summed E-state index contributed by atoms with van der Waals surface area (Å²) in [6.45, 7) is 3.58. The number of hydrogen-bond donors (Lipinski definition) is 5. The van der Waals surface area contributed by atoms with E-state index in [0.717, 1.165) is 35.6 Å². The summed E-state index contributed by atoms with van der Waals surface area (Å²) in [5, 5.41) is 41.1. The summed E-state index contributed by atoms with van der Waals surface area (Å²) in [5.74, 6) is -3.94. The number of nitrogens with one attached hydrogen (secondary N) is 1. The minimum atomic E-state index is -4.30. The monoisotopic (exact) mass is 532 g/mol. The van der Waals surface area contributed by atoms with Crippen molar-refractivity contribution in [3.8, 4) is 0 Å². The molecule has 0 amide bonds. The minimum Gasteiger partial charge on any atom is -0.481 e. The van der Waals surface area contributed by atoms with Crippen LogP contribution in [0.4, 0.5) is 13.2 Å². The molecule has 0 saturated carbocycles. The largest absolute Gasteiger partial charge is 0.481 e. The molecule has 0 unspecified atom stereocenters. The molecule has 1 aromatic carbocycles. The molecule has 0 radical (unpaired) electrons. The summed E-state index contributed by atoms with van der Waals surface area (Å²) < 4.78 is 48.5. The van der Waals surface area contributed by atoms with Crippen molar-refractivity contribution in [3.63, 3.8) is 0 Å². The van der Waals surface area contributed by atoms with Crippen molar-refractivity contribution in [2.24, 2.45) is 5.92 Å². The number of ether oxygens (including phenoxy) is 1. The summed E-state index contributed by atoms with van der Waals surface area (Å²) in [6, 6.07) is 7.26. The molecule has 0 bridgehead atoms. The quantitative estimate of drug-likeness (QED) is 0.302. The van der Waals surface area contributed by atoms with E-state index in [4.69, 9.17) is 29.7 Å². The molecule has 1 aromatic heterocycles. The number of nitrogens with zero attached hydrogens (tertiary/aromatic N) is 1. The third-order valence-corrected chi connectivity index (χ3v) is 5.47. The Balaban J connectivity index is 0.000000317. The Labute approximate surface area is 208 Å². The number of rotatable bonds is 10. The van der Waals surface area contributed by atoms with Gasteiger partial charge in [-0.3, -0.25) is 9.59 Å². The van der Waals surface area contributed by atoms with Gasteiger partial charge in [-0.1, -0.05) is 17.3 Å². The van der Waals surface area contributed by atoms with Crippen LogP contribution in [-0.2, 0) is 38.3 Å². The molecule has 2 aromatic rings. The van der Waals surface area contributed by atoms with Crippen LogP contribution >= 0.6 is 0 Å². The zero-order valence-electron chi connectivity index (χ0n) is 19.7. The molecule has 1 saturated heterocycles. The smallest absolute Gasteiger partial charge is 0.416 e. The Morgan fingerprint density at radius 2 is 1.65 bits per heavy atom. The number of benzene rings is 1. The van der Waals surface area contributed by atoms with E-state index < -0.39 is 48.1 Å². The lowest BCUT2D eigenvalue weighted by atomic mass is 9.96. The first-order valence-corrected chi connectivity index (χ1v) is 11.0. The number of aliphatic carboxylic acids is 3. The van der Waals surface area contributed by atoms with E-state index in [1.807, 2.05) is 13.0 Å². The Kier molecular flexibility index (Phi) is 10.2. The van der Waals surface area contributed by atoms with Crippen LogP contribution in [0, 0.1) is 12.8 Å². The second-order valence-electron chi connectivity index (χ2n) is 8.60. The zero-order valence-corrected chi connectivity index (χ0v) is 19.7. The number of halogens is 3. The average molecular weight is 532 g/mol. The highest BCUT2D eigenvalue weighted by molar-refractivity contribution is 5.88. The summed E-state index contributed by atoms with van der Waals surface area (Å²) in [6.07, 6.45) is -5.86. The van der Waals surface area contributed by atoms with E-state index in [2.05, 4.69) is 10.5 Å². The predicted molar refractivity (Wildman–Crippen MR) is 118 cm³/mol. The molecule has 1 aliphatic heterocycles. The van der Waals surface area contributed by atoms with Gasteiger partial charge in [0, 0.05) is 31.0 Å². The van der Waals surface area contributed by atoms with Crippen LogP contribution in [0.15, 0.2) is 34.9 Å². The molecule has 0 aliphatic carbocycles. The second kappa shape index (κ2) is 12.7. The van der Waals surface area contributed by atoms with Crippen molar-refractivity contribution in [1.29, 1.82) is 0 Å². The van der Waals surface area contributed by atoms with Gasteiger partial charge in [0.15, 0.2) is 5.60 Å². The first-order valence-electron chi connectivity index (χ1n) is 11.0. The van der Waals surface area contributed by atoms with Gasteiger partial charge in [-0.2, -0.15) is 13.2 Å². The average Bonchev–Trinajstić information content (AvgIpc) is 3.39. The fraction of sp³-hybridized carbons (Fsp3) is 0.478. The number of carboxylic acids is 3. The van der Waals surface area contributed by atoms with Gasteiger partial charge in [-0.25, -0.2) is 4.79 Å². The van der Waals surface area contributed by atoms with Gasteiger partial charge < -0.3 is 35.0 Å². The molecule has 11 nitrogen and oxygen atoms in total. The van der Waals surface area contributed by atoms with Gasteiger partial charge in [0.05, 0.1) is 37.3 Å². The molecule has 2 heterocycles. The maximum atomic E-state index is 12.6. The fourth-order valence-corrected chi connectivity index (χ4v) is 3.57. The number of hydrogen-bond acceptors (Lipinski definition) is 8. The molecular formula is C23H27F3N2O9. The zero-order chi connectivity index (χ0) is 27.8. The number of alkyl halides is 3. The maximum absolute atomic E-state index is 12.6. The van der Waals surface area contributed by atoms with Crippen LogP contribution in [-0.4, -0.2) is 68.3 Å². The molecular weight excluding hydrogens is 505 g/mol. The molecule has 0 spiro atoms. The van der Waals surface area contributed by atoms with Crippen LogP contribution in [0.3, 0.4) is 0 Å². The first kappa shape index (κ1) is 29.7. The van der Waals surface area contributed by atoms with E-state index in [1.54, 1.807) is 0 Å². The van der Waals surface area contributed by atoms with Crippen LogP contribution < -0.4 is 5.32 Å². The minimum absolute atomic E-state index is 0.137. The van der Waals surface area contributed by atoms with Crippen molar-refractivity contribution in [2.45, 2.75) is 50.6 Å².